The van der Waals surface area contributed by atoms with Crippen molar-refractivity contribution in [3.05, 3.63) is 78.1 Å². The van der Waals surface area contributed by atoms with Crippen LogP contribution < -0.4 is 19.7 Å². The Morgan fingerprint density at radius 2 is 1.77 bits per heavy atom. The van der Waals surface area contributed by atoms with Crippen molar-refractivity contribution in [1.29, 1.82) is 0 Å². The first kappa shape index (κ1) is 23.7. The first-order chi connectivity index (χ1) is 16.6. The number of halogens is 1. The molecule has 0 unspecified atom stereocenters. The van der Waals surface area contributed by atoms with Gasteiger partial charge in [-0.05, 0) is 54.6 Å². The third-order valence-electron chi connectivity index (χ3n) is 5.00. The molecule has 0 fully saturated rings. The second kappa shape index (κ2) is 9.43. The van der Waals surface area contributed by atoms with E-state index in [-0.39, 0.29) is 34.2 Å². The highest BCUT2D eigenvalue weighted by atomic mass is 32.2. The van der Waals surface area contributed by atoms with Crippen molar-refractivity contribution in [1.82, 2.24) is 0 Å². The average molecular weight is 499 g/mol. The Hall–Kier alpha value is -4.45. The van der Waals surface area contributed by atoms with Crippen molar-refractivity contribution >= 4 is 44.9 Å². The number of anilines is 3. The second-order valence-electron chi connectivity index (χ2n) is 7.40. The number of hydrogen-bond acceptors (Lipinski definition) is 6. The van der Waals surface area contributed by atoms with Crippen molar-refractivity contribution < 1.29 is 37.0 Å². The number of benzene rings is 3. The van der Waals surface area contributed by atoms with Crippen LogP contribution in [0.25, 0.3) is 0 Å². The number of hydrogen-bond donors (Lipinski definition) is 3. The summed E-state index contributed by atoms with van der Waals surface area (Å²) in [6.07, 6.45) is 0. The number of carboxylic acids is 1. The molecule has 2 amide bonds. The number of para-hydroxylation sites is 1. The van der Waals surface area contributed by atoms with E-state index in [1.807, 2.05) is 0 Å². The van der Waals surface area contributed by atoms with Crippen LogP contribution in [0.5, 0.6) is 5.75 Å². The number of aliphatic carboxylic acids is 1. The van der Waals surface area contributed by atoms with Crippen molar-refractivity contribution in [3.8, 4) is 5.75 Å². The Bertz CT molecular complexity index is 1430. The Morgan fingerprint density at radius 1 is 1.06 bits per heavy atom. The standard InChI is InChI=1S/C23H18FN3O7S/c24-14-5-7-15(8-6-14)25-23(31)17-3-1-2-4-18(17)26-35(32,33)16-9-10-20-19(11-16)27(12-22(29)30)21(28)13-34-20/h1-11,26H,12-13H2,(H,25,31)(H,29,30). The van der Waals surface area contributed by atoms with E-state index in [1.165, 1.54) is 54.6 Å². The molecule has 0 aromatic heterocycles. The molecule has 0 atom stereocenters. The maximum Gasteiger partial charge on any atom is 0.323 e. The summed E-state index contributed by atoms with van der Waals surface area (Å²) in [7, 11) is -4.27. The normalized spacial score (nSPS) is 12.9. The summed E-state index contributed by atoms with van der Waals surface area (Å²) in [5.74, 6) is -2.87. The minimum absolute atomic E-state index is 0.00405. The van der Waals surface area contributed by atoms with E-state index >= 15 is 0 Å². The maximum absolute atomic E-state index is 13.1. The lowest BCUT2D eigenvalue weighted by Crippen LogP contribution is -2.42. The highest BCUT2D eigenvalue weighted by Crippen LogP contribution is 2.34. The molecule has 4 rings (SSSR count). The van der Waals surface area contributed by atoms with Crippen LogP contribution >= 0.6 is 0 Å². The van der Waals surface area contributed by atoms with Crippen LogP contribution in [0.1, 0.15) is 10.4 Å². The molecule has 0 radical (unpaired) electrons. The average Bonchev–Trinajstić information content (AvgIpc) is 2.82. The van der Waals surface area contributed by atoms with E-state index in [0.29, 0.717) is 5.69 Å². The van der Waals surface area contributed by atoms with Gasteiger partial charge in [0.05, 0.1) is 21.8 Å². The summed E-state index contributed by atoms with van der Waals surface area (Å²) in [5, 5.41) is 11.7. The summed E-state index contributed by atoms with van der Waals surface area (Å²) < 4.78 is 47.0. The van der Waals surface area contributed by atoms with Gasteiger partial charge in [0.2, 0.25) is 0 Å². The third-order valence-corrected chi connectivity index (χ3v) is 6.36. The van der Waals surface area contributed by atoms with Gasteiger partial charge in [-0.1, -0.05) is 12.1 Å². The number of sulfonamides is 1. The fraction of sp³-hybridized carbons (Fsp3) is 0.0870. The van der Waals surface area contributed by atoms with E-state index in [4.69, 9.17) is 9.84 Å². The SMILES string of the molecule is O=C(O)CN1C(=O)COc2ccc(S(=O)(=O)Nc3ccccc3C(=O)Nc3ccc(F)cc3)cc21. The molecule has 1 heterocycles. The minimum atomic E-state index is -4.27. The zero-order valence-electron chi connectivity index (χ0n) is 17.9. The van der Waals surface area contributed by atoms with Crippen LogP contribution in [0, 0.1) is 5.82 Å². The van der Waals surface area contributed by atoms with Crippen LogP contribution in [0.15, 0.2) is 71.6 Å². The molecular formula is C23H18FN3O7S. The monoisotopic (exact) mass is 499 g/mol. The Labute approximate surface area is 199 Å². The number of rotatable bonds is 7. The number of carbonyl (C=O) groups excluding carboxylic acids is 2. The Balaban J connectivity index is 1.62. The Kier molecular flexibility index (Phi) is 6.38. The molecule has 3 N–H and O–H groups in total. The van der Waals surface area contributed by atoms with Crippen molar-refractivity contribution in [2.45, 2.75) is 4.90 Å². The number of ether oxygens (including phenoxy) is 1. The van der Waals surface area contributed by atoms with E-state index in [1.54, 1.807) is 6.07 Å². The highest BCUT2D eigenvalue weighted by Gasteiger charge is 2.29. The lowest BCUT2D eigenvalue weighted by atomic mass is 10.1. The highest BCUT2D eigenvalue weighted by molar-refractivity contribution is 7.92. The van der Waals surface area contributed by atoms with Gasteiger partial charge in [-0.3, -0.25) is 24.0 Å². The molecule has 0 spiro atoms. The van der Waals surface area contributed by atoms with Crippen molar-refractivity contribution in [3.63, 3.8) is 0 Å². The molecule has 0 saturated carbocycles. The quantitative estimate of drug-likeness (QED) is 0.454. The minimum Gasteiger partial charge on any atom is -0.482 e. The lowest BCUT2D eigenvalue weighted by molar-refractivity contribution is -0.137. The number of nitrogens with zero attached hydrogens (tertiary/aromatic N) is 1. The van der Waals surface area contributed by atoms with Gasteiger partial charge in [-0.25, -0.2) is 12.8 Å². The van der Waals surface area contributed by atoms with Gasteiger partial charge in [-0.15, -0.1) is 0 Å². The van der Waals surface area contributed by atoms with Gasteiger partial charge in [0, 0.05) is 5.69 Å². The molecule has 0 aliphatic carbocycles. The predicted octanol–water partition coefficient (Wildman–Crippen LogP) is 2.69. The largest absolute Gasteiger partial charge is 0.482 e. The van der Waals surface area contributed by atoms with Crippen LogP contribution in [0.2, 0.25) is 0 Å². The molecule has 10 nitrogen and oxygen atoms in total. The first-order valence-electron chi connectivity index (χ1n) is 10.1. The van der Waals surface area contributed by atoms with Crippen molar-refractivity contribution in [2.75, 3.05) is 28.1 Å². The van der Waals surface area contributed by atoms with Crippen LogP contribution in [0.4, 0.5) is 21.5 Å². The topological polar surface area (TPSA) is 142 Å². The summed E-state index contributed by atoms with van der Waals surface area (Å²) in [4.78, 5) is 36.7. The van der Waals surface area contributed by atoms with Gasteiger partial charge >= 0.3 is 5.97 Å². The van der Waals surface area contributed by atoms with Gasteiger partial charge in [0.15, 0.2) is 6.61 Å². The summed E-state index contributed by atoms with van der Waals surface area (Å²) in [6.45, 7) is -1.04. The smallest absolute Gasteiger partial charge is 0.323 e. The first-order valence-corrected chi connectivity index (χ1v) is 11.6. The van der Waals surface area contributed by atoms with Crippen LogP contribution in [0.3, 0.4) is 0 Å². The summed E-state index contributed by atoms with van der Waals surface area (Å²) >= 11 is 0. The van der Waals surface area contributed by atoms with Gasteiger partial charge in [-0.2, -0.15) is 0 Å². The number of carbonyl (C=O) groups is 3. The molecule has 1 aliphatic heterocycles. The summed E-state index contributed by atoms with van der Waals surface area (Å²) in [6, 6.07) is 14.6. The van der Waals surface area contributed by atoms with Gasteiger partial charge < -0.3 is 15.2 Å². The number of fused-ring (bicyclic) bond motifs is 1. The molecular weight excluding hydrogens is 481 g/mol. The van der Waals surface area contributed by atoms with E-state index in [0.717, 1.165) is 11.0 Å². The van der Waals surface area contributed by atoms with Gasteiger partial charge in [0.25, 0.3) is 21.8 Å². The molecule has 12 heteroatoms. The second-order valence-corrected chi connectivity index (χ2v) is 9.09. The van der Waals surface area contributed by atoms with E-state index in [9.17, 15) is 27.2 Å². The third kappa shape index (κ3) is 5.22. The number of nitrogens with one attached hydrogen (secondary N) is 2. The fourth-order valence-corrected chi connectivity index (χ4v) is 4.46. The Morgan fingerprint density at radius 3 is 2.49 bits per heavy atom. The van der Waals surface area contributed by atoms with Crippen LogP contribution in [-0.2, 0) is 19.6 Å². The van der Waals surface area contributed by atoms with Gasteiger partial charge in [0.1, 0.15) is 18.1 Å². The molecule has 0 bridgehead atoms. The summed E-state index contributed by atoms with van der Waals surface area (Å²) in [5.41, 5.74) is 0.282. The number of carboxylic acid groups (broad SMARTS) is 1. The predicted molar refractivity (Wildman–Crippen MR) is 124 cm³/mol. The zero-order valence-corrected chi connectivity index (χ0v) is 18.7. The molecule has 35 heavy (non-hydrogen) atoms. The molecule has 0 saturated heterocycles. The fourth-order valence-electron chi connectivity index (χ4n) is 3.36. The van der Waals surface area contributed by atoms with Crippen LogP contribution in [-0.4, -0.2) is 44.5 Å². The zero-order chi connectivity index (χ0) is 25.2. The maximum atomic E-state index is 13.1. The number of amides is 2. The molecule has 1 aliphatic rings. The molecule has 3 aromatic carbocycles. The molecule has 3 aromatic rings. The van der Waals surface area contributed by atoms with Crippen molar-refractivity contribution in [2.24, 2.45) is 0 Å². The van der Waals surface area contributed by atoms with E-state index < -0.39 is 40.2 Å². The lowest BCUT2D eigenvalue weighted by Gasteiger charge is -2.28. The molecule has 180 valence electrons. The van der Waals surface area contributed by atoms with E-state index in [2.05, 4.69) is 10.0 Å².